The molecule has 0 saturated heterocycles. The molecule has 1 aromatic heterocycles. The van der Waals surface area contributed by atoms with Crippen molar-refractivity contribution in [3.8, 4) is 17.6 Å². The number of nitriles is 1. The summed E-state index contributed by atoms with van der Waals surface area (Å²) in [5, 5.41) is 13.6. The first-order valence-electron chi connectivity index (χ1n) is 8.72. The third-order valence-corrected chi connectivity index (χ3v) is 5.74. The first-order valence-corrected chi connectivity index (χ1v) is 10.3. The van der Waals surface area contributed by atoms with Crippen molar-refractivity contribution in [3.63, 3.8) is 0 Å². The minimum Gasteiger partial charge on any atom is -0.361 e. The number of hydrogen-bond acceptors (Lipinski definition) is 5. The van der Waals surface area contributed by atoms with Gasteiger partial charge in [-0.3, -0.25) is 0 Å². The van der Waals surface area contributed by atoms with Gasteiger partial charge in [-0.15, -0.1) is 0 Å². The largest absolute Gasteiger partial charge is 0.361 e. The molecule has 1 aliphatic heterocycles. The molecule has 4 rings (SSSR count). The van der Waals surface area contributed by atoms with Crippen LogP contribution in [0.3, 0.4) is 0 Å². The Morgan fingerprint density at radius 2 is 2.00 bits per heavy atom. The lowest BCUT2D eigenvalue weighted by Gasteiger charge is -2.21. The van der Waals surface area contributed by atoms with E-state index in [1.54, 1.807) is 18.2 Å². The zero-order valence-corrected chi connectivity index (χ0v) is 15.9. The van der Waals surface area contributed by atoms with Crippen molar-refractivity contribution in [2.75, 3.05) is 5.75 Å². The van der Waals surface area contributed by atoms with E-state index in [9.17, 15) is 8.42 Å². The van der Waals surface area contributed by atoms with Gasteiger partial charge in [0, 0.05) is 11.5 Å². The predicted molar refractivity (Wildman–Crippen MR) is 106 cm³/mol. The lowest BCUT2D eigenvalue weighted by Crippen LogP contribution is -2.25. The van der Waals surface area contributed by atoms with Gasteiger partial charge in [0.05, 0.1) is 28.8 Å². The van der Waals surface area contributed by atoms with Crippen LogP contribution >= 0.6 is 0 Å². The van der Waals surface area contributed by atoms with E-state index in [1.807, 2.05) is 55.5 Å². The maximum Gasteiger partial charge on any atom is 0.311 e. The van der Waals surface area contributed by atoms with E-state index in [4.69, 9.17) is 9.44 Å². The van der Waals surface area contributed by atoms with Crippen LogP contribution in [0.1, 0.15) is 28.3 Å². The number of hydrogen-bond donors (Lipinski definition) is 0. The van der Waals surface area contributed by atoms with Gasteiger partial charge < -0.3 is 4.18 Å². The van der Waals surface area contributed by atoms with Gasteiger partial charge in [-0.2, -0.15) is 23.5 Å². The van der Waals surface area contributed by atoms with Crippen LogP contribution in [0.25, 0.3) is 11.8 Å². The summed E-state index contributed by atoms with van der Waals surface area (Å²) in [6, 6.07) is 18.5. The maximum absolute atomic E-state index is 12.4. The molecule has 0 N–H and O–H groups in total. The first kappa shape index (κ1) is 18.0. The summed E-state index contributed by atoms with van der Waals surface area (Å²) in [4.78, 5) is 0. The molecule has 28 heavy (non-hydrogen) atoms. The molecule has 0 fully saturated rings. The topological polar surface area (TPSA) is 85.0 Å². The second kappa shape index (κ2) is 6.98. The molecule has 0 aliphatic carbocycles. The van der Waals surface area contributed by atoms with Crippen LogP contribution in [-0.4, -0.2) is 24.0 Å². The van der Waals surface area contributed by atoms with Crippen LogP contribution in [0.5, 0.6) is 5.88 Å². The van der Waals surface area contributed by atoms with E-state index in [2.05, 4.69) is 11.2 Å². The zero-order chi connectivity index (χ0) is 19.7. The second-order valence-corrected chi connectivity index (χ2v) is 8.18. The number of para-hydroxylation sites is 1. The molecule has 140 valence electrons. The Kier molecular flexibility index (Phi) is 4.49. The van der Waals surface area contributed by atoms with Crippen LogP contribution < -0.4 is 4.18 Å². The number of fused-ring (bicyclic) bond motifs is 1. The number of nitrogens with zero attached hydrogens (tertiary/aromatic N) is 3. The molecule has 1 aliphatic rings. The van der Waals surface area contributed by atoms with Crippen LogP contribution in [0, 0.1) is 18.3 Å². The van der Waals surface area contributed by atoms with Crippen LogP contribution in [0.15, 0.2) is 60.7 Å². The molecule has 0 spiro atoms. The number of allylic oxidation sites excluding steroid dienone is 1. The van der Waals surface area contributed by atoms with Crippen LogP contribution in [0.4, 0.5) is 0 Å². The average molecular weight is 391 g/mol. The van der Waals surface area contributed by atoms with Crippen molar-refractivity contribution < 1.29 is 12.6 Å². The van der Waals surface area contributed by atoms with E-state index in [-0.39, 0.29) is 11.6 Å². The van der Waals surface area contributed by atoms with E-state index in [0.717, 1.165) is 16.8 Å². The van der Waals surface area contributed by atoms with Crippen molar-refractivity contribution in [2.45, 2.75) is 12.8 Å². The molecular weight excluding hydrogens is 374 g/mol. The Bertz CT molecular complexity index is 1210. The zero-order valence-electron chi connectivity index (χ0n) is 15.1. The van der Waals surface area contributed by atoms with Gasteiger partial charge in [0.25, 0.3) is 0 Å². The molecule has 2 aromatic carbocycles. The number of rotatable bonds is 3. The Balaban J connectivity index is 1.78. The summed E-state index contributed by atoms with van der Waals surface area (Å²) in [5.74, 6) is -0.317. The highest BCUT2D eigenvalue weighted by Crippen LogP contribution is 2.39. The van der Waals surface area contributed by atoms with Gasteiger partial charge in [0.15, 0.2) is 0 Å². The monoisotopic (exact) mass is 391 g/mol. The minimum atomic E-state index is -3.74. The van der Waals surface area contributed by atoms with Gasteiger partial charge in [-0.05, 0) is 36.8 Å². The molecule has 3 aromatic rings. The highest BCUT2D eigenvalue weighted by Gasteiger charge is 2.35. The highest BCUT2D eigenvalue weighted by molar-refractivity contribution is 7.87. The molecule has 0 amide bonds. The smallest absolute Gasteiger partial charge is 0.311 e. The van der Waals surface area contributed by atoms with Crippen molar-refractivity contribution >= 4 is 16.2 Å². The lowest BCUT2D eigenvalue weighted by atomic mass is 9.99. The van der Waals surface area contributed by atoms with E-state index >= 15 is 0 Å². The Hall–Kier alpha value is -3.37. The highest BCUT2D eigenvalue weighted by atomic mass is 32.2. The fraction of sp³-hybridized carbons (Fsp3) is 0.143. The predicted octanol–water partition coefficient (Wildman–Crippen LogP) is 3.57. The van der Waals surface area contributed by atoms with Crippen molar-refractivity contribution in [1.82, 2.24) is 9.78 Å². The molecule has 1 atom stereocenters. The van der Waals surface area contributed by atoms with E-state index in [0.29, 0.717) is 11.3 Å². The van der Waals surface area contributed by atoms with E-state index in [1.165, 1.54) is 4.68 Å². The summed E-state index contributed by atoms with van der Waals surface area (Å²) in [7, 11) is -3.74. The average Bonchev–Trinajstić information content (AvgIpc) is 3.02. The van der Waals surface area contributed by atoms with Gasteiger partial charge in [0.2, 0.25) is 5.88 Å². The van der Waals surface area contributed by atoms with Crippen molar-refractivity contribution in [3.05, 3.63) is 83.1 Å². The summed E-state index contributed by atoms with van der Waals surface area (Å²) < 4.78 is 31.6. The molecule has 2 heterocycles. The maximum atomic E-state index is 12.4. The first-order chi connectivity index (χ1) is 13.5. The summed E-state index contributed by atoms with van der Waals surface area (Å²) in [6.45, 7) is 1.84. The molecule has 0 saturated carbocycles. The number of aromatic nitrogens is 2. The fourth-order valence-corrected chi connectivity index (χ4v) is 4.50. The van der Waals surface area contributed by atoms with Gasteiger partial charge in [-0.1, -0.05) is 42.5 Å². The molecule has 1 unspecified atom stereocenters. The Morgan fingerprint density at radius 3 is 2.75 bits per heavy atom. The van der Waals surface area contributed by atoms with Crippen LogP contribution in [0.2, 0.25) is 0 Å². The molecule has 0 radical (unpaired) electrons. The second-order valence-electron chi connectivity index (χ2n) is 6.56. The quantitative estimate of drug-likeness (QED) is 0.637. The van der Waals surface area contributed by atoms with Gasteiger partial charge >= 0.3 is 10.1 Å². The van der Waals surface area contributed by atoms with Gasteiger partial charge in [-0.25, -0.2) is 0 Å². The number of benzene rings is 2. The van der Waals surface area contributed by atoms with Crippen LogP contribution in [-0.2, 0) is 10.1 Å². The van der Waals surface area contributed by atoms with Crippen molar-refractivity contribution in [2.24, 2.45) is 0 Å². The third-order valence-electron chi connectivity index (χ3n) is 4.56. The third kappa shape index (κ3) is 3.42. The normalized spacial score (nSPS) is 17.6. The van der Waals surface area contributed by atoms with Crippen molar-refractivity contribution in [1.29, 1.82) is 5.26 Å². The molecular formula is C21H17N3O3S. The molecule has 0 bridgehead atoms. The number of aryl methyl sites for hydroxylation is 1. The summed E-state index contributed by atoms with van der Waals surface area (Å²) in [5.41, 5.74) is 3.59. The lowest BCUT2D eigenvalue weighted by molar-refractivity contribution is 0.448. The SMILES string of the molecule is Cc1nn(-c2ccccc2)c2c1C(/C=C/c1cccc(C#N)c1)CS(=O)(=O)O2. The minimum absolute atomic E-state index is 0.157. The summed E-state index contributed by atoms with van der Waals surface area (Å²) >= 11 is 0. The van der Waals surface area contributed by atoms with E-state index < -0.39 is 16.0 Å². The fourth-order valence-electron chi connectivity index (χ4n) is 3.32. The van der Waals surface area contributed by atoms with Gasteiger partial charge in [0.1, 0.15) is 0 Å². The summed E-state index contributed by atoms with van der Waals surface area (Å²) in [6.07, 6.45) is 3.66. The standard InChI is InChI=1S/C21H17N3O3S/c1-15-20-18(11-10-16-6-5-7-17(12-16)13-22)14-28(25,26)27-21(20)24(23-15)19-8-3-2-4-9-19/h2-12,18H,14H2,1H3/b11-10+. The Labute approximate surface area is 163 Å². The molecule has 7 heteroatoms. The molecule has 6 nitrogen and oxygen atoms in total. The Morgan fingerprint density at radius 1 is 1.21 bits per heavy atom.